The van der Waals surface area contributed by atoms with Gasteiger partial charge in [0, 0.05) is 31.6 Å². The van der Waals surface area contributed by atoms with E-state index < -0.39 is 17.6 Å². The Morgan fingerprint density at radius 3 is 2.69 bits per heavy atom. The van der Waals surface area contributed by atoms with Crippen LogP contribution < -0.4 is 19.1 Å². The molecular formula is C35H36ClFN4O7. The van der Waals surface area contributed by atoms with E-state index in [1.807, 2.05) is 24.3 Å². The number of aromatic nitrogens is 2. The summed E-state index contributed by atoms with van der Waals surface area (Å²) in [5.41, 5.74) is 3.04. The number of hydrogen-bond donors (Lipinski definition) is 0. The van der Waals surface area contributed by atoms with Crippen LogP contribution >= 0.6 is 11.6 Å². The van der Waals surface area contributed by atoms with Gasteiger partial charge >= 0.3 is 5.97 Å². The Hall–Kier alpha value is -4.10. The molecular weight excluding hydrogens is 643 g/mol. The molecule has 0 amide bonds. The fourth-order valence-electron chi connectivity index (χ4n) is 7.32. The summed E-state index contributed by atoms with van der Waals surface area (Å²) in [6, 6.07) is 13.9. The minimum atomic E-state index is -1.35. The Labute approximate surface area is 282 Å². The maximum absolute atomic E-state index is 15.0. The van der Waals surface area contributed by atoms with Crippen LogP contribution in [-0.2, 0) is 33.1 Å². The van der Waals surface area contributed by atoms with Gasteiger partial charge in [0.1, 0.15) is 22.9 Å². The Morgan fingerprint density at radius 1 is 1.10 bits per heavy atom. The van der Waals surface area contributed by atoms with E-state index in [0.717, 1.165) is 36.6 Å². The molecule has 3 saturated heterocycles. The van der Waals surface area contributed by atoms with Gasteiger partial charge in [-0.1, -0.05) is 17.7 Å². The highest BCUT2D eigenvalue weighted by atomic mass is 35.5. The van der Waals surface area contributed by atoms with Gasteiger partial charge in [-0.3, -0.25) is 4.90 Å². The van der Waals surface area contributed by atoms with Gasteiger partial charge in [0.25, 0.3) is 5.79 Å². The molecule has 4 aromatic rings. The van der Waals surface area contributed by atoms with Crippen LogP contribution in [0.2, 0.25) is 5.02 Å². The van der Waals surface area contributed by atoms with E-state index in [9.17, 15) is 4.79 Å². The number of fused-ring (bicyclic) bond motifs is 3. The third-order valence-corrected chi connectivity index (χ3v) is 10.1. The number of hydrogen-bond acceptors (Lipinski definition) is 10. The number of para-hydroxylation sites is 1. The predicted octanol–water partition coefficient (Wildman–Crippen LogP) is 5.15. The van der Waals surface area contributed by atoms with Crippen LogP contribution in [0.3, 0.4) is 0 Å². The minimum Gasteiger partial charge on any atom is -0.494 e. The fraction of sp³-hybridized carbons (Fsp3) is 0.429. The summed E-state index contributed by atoms with van der Waals surface area (Å²) < 4.78 is 52.5. The summed E-state index contributed by atoms with van der Waals surface area (Å²) >= 11 is 6.02. The van der Waals surface area contributed by atoms with Crippen molar-refractivity contribution in [3.05, 3.63) is 76.3 Å². The molecule has 0 N–H and O–H groups in total. The Morgan fingerprint density at radius 2 is 1.94 bits per heavy atom. The van der Waals surface area contributed by atoms with Crippen molar-refractivity contribution in [2.75, 3.05) is 52.0 Å². The summed E-state index contributed by atoms with van der Waals surface area (Å²) in [4.78, 5) is 22.3. The second-order valence-electron chi connectivity index (χ2n) is 12.7. The van der Waals surface area contributed by atoms with E-state index in [4.69, 9.17) is 45.0 Å². The minimum absolute atomic E-state index is 0.0289. The molecule has 3 fully saturated rings. The molecule has 11 nitrogen and oxygen atoms in total. The van der Waals surface area contributed by atoms with Crippen LogP contribution in [0.5, 0.6) is 17.2 Å². The molecule has 3 aromatic carbocycles. The number of piperazine rings is 1. The van der Waals surface area contributed by atoms with Gasteiger partial charge in [0.05, 0.1) is 81.0 Å². The van der Waals surface area contributed by atoms with E-state index >= 15 is 4.39 Å². The van der Waals surface area contributed by atoms with E-state index in [1.165, 1.54) is 13.2 Å². The lowest BCUT2D eigenvalue weighted by molar-refractivity contribution is -0.0705. The van der Waals surface area contributed by atoms with E-state index in [-0.39, 0.29) is 23.8 Å². The van der Waals surface area contributed by atoms with Crippen molar-refractivity contribution in [2.24, 2.45) is 0 Å². The number of carbonyl (C=O) groups is 1. The van der Waals surface area contributed by atoms with Crippen LogP contribution in [0, 0.1) is 5.82 Å². The van der Waals surface area contributed by atoms with E-state index in [1.54, 1.807) is 32.2 Å². The standard InChI is InChI=1S/C35H36ClFN4O7/c1-35(23-8-7-21(36)15-24(23)37)47-29-6-4-5-25(33(29)48-35)40-11-10-39(27-18-45-19-28(27)40)17-31-38-32-26(41(31)16-22-9-12-46-22)13-20(34(42)44-3)14-30(32)43-2/h4-8,13-15,22,27-28H,9-12,16-19H2,1-3H3/t22-,27?,28?,35?/m0/s1. The first-order chi connectivity index (χ1) is 23.3. The highest BCUT2D eigenvalue weighted by molar-refractivity contribution is 6.30. The van der Waals surface area contributed by atoms with Crippen molar-refractivity contribution < 1.29 is 37.6 Å². The molecule has 1 aromatic heterocycles. The fourth-order valence-corrected chi connectivity index (χ4v) is 7.48. The van der Waals surface area contributed by atoms with Gasteiger partial charge in [0.2, 0.25) is 0 Å². The molecule has 13 heteroatoms. The van der Waals surface area contributed by atoms with Crippen molar-refractivity contribution in [3.8, 4) is 17.2 Å². The largest absolute Gasteiger partial charge is 0.494 e. The second kappa shape index (κ2) is 12.1. The van der Waals surface area contributed by atoms with Gasteiger partial charge < -0.3 is 37.9 Å². The van der Waals surface area contributed by atoms with Crippen LogP contribution in [0.1, 0.15) is 35.1 Å². The van der Waals surface area contributed by atoms with Crippen molar-refractivity contribution in [1.29, 1.82) is 0 Å². The molecule has 4 aliphatic rings. The van der Waals surface area contributed by atoms with Crippen LogP contribution in [0.25, 0.3) is 11.0 Å². The first kappa shape index (κ1) is 31.2. The summed E-state index contributed by atoms with van der Waals surface area (Å²) in [7, 11) is 2.94. The number of halogens is 2. The third-order valence-electron chi connectivity index (χ3n) is 9.87. The van der Waals surface area contributed by atoms with Gasteiger partial charge in [-0.15, -0.1) is 0 Å². The van der Waals surface area contributed by atoms with Crippen molar-refractivity contribution >= 4 is 34.3 Å². The van der Waals surface area contributed by atoms with Crippen molar-refractivity contribution in [3.63, 3.8) is 0 Å². The monoisotopic (exact) mass is 678 g/mol. The molecule has 5 heterocycles. The summed E-state index contributed by atoms with van der Waals surface area (Å²) in [6.45, 7) is 6.15. The average molecular weight is 679 g/mol. The molecule has 4 aliphatic heterocycles. The molecule has 4 atom stereocenters. The molecule has 8 rings (SSSR count). The molecule has 0 spiro atoms. The highest BCUT2D eigenvalue weighted by Crippen LogP contribution is 2.51. The lowest BCUT2D eigenvalue weighted by Crippen LogP contribution is -2.59. The molecule has 0 aliphatic carbocycles. The summed E-state index contributed by atoms with van der Waals surface area (Å²) in [6.07, 6.45) is 1.03. The molecule has 0 bridgehead atoms. The maximum atomic E-state index is 15.0. The SMILES string of the molecule is COC(=O)c1cc(OC)c2nc(CN3CCN(c4cccc5c4OC(C)(c4ccc(Cl)cc4F)O5)C4COCC43)n(C[C@@H]3CCO3)c2c1. The smallest absolute Gasteiger partial charge is 0.338 e. The van der Waals surface area contributed by atoms with E-state index in [2.05, 4.69) is 14.4 Å². The Kier molecular flexibility index (Phi) is 7.86. The van der Waals surface area contributed by atoms with Gasteiger partial charge in [-0.05, 0) is 48.9 Å². The number of nitrogens with zero attached hydrogens (tertiary/aromatic N) is 4. The number of carbonyl (C=O) groups excluding carboxylic acids is 1. The average Bonchev–Trinajstić information content (AvgIpc) is 3.77. The topological polar surface area (TPSA) is 96.8 Å². The molecule has 48 heavy (non-hydrogen) atoms. The second-order valence-corrected chi connectivity index (χ2v) is 13.1. The molecule has 3 unspecified atom stereocenters. The number of rotatable bonds is 8. The first-order valence-corrected chi connectivity index (χ1v) is 16.5. The van der Waals surface area contributed by atoms with Gasteiger partial charge in [0.15, 0.2) is 11.5 Å². The molecule has 0 radical (unpaired) electrons. The summed E-state index contributed by atoms with van der Waals surface area (Å²) in [5.74, 6) is 0.216. The third kappa shape index (κ3) is 5.22. The lowest BCUT2D eigenvalue weighted by Gasteiger charge is -2.44. The van der Waals surface area contributed by atoms with Crippen molar-refractivity contribution in [2.45, 2.75) is 50.4 Å². The molecule has 0 saturated carbocycles. The molecule has 252 valence electrons. The number of methoxy groups -OCH3 is 2. The van der Waals surface area contributed by atoms with Gasteiger partial charge in [-0.25, -0.2) is 14.2 Å². The normalized spacial score (nSPS) is 24.9. The van der Waals surface area contributed by atoms with Crippen LogP contribution in [-0.4, -0.2) is 85.7 Å². The zero-order valence-corrected chi connectivity index (χ0v) is 27.7. The van der Waals surface area contributed by atoms with E-state index in [0.29, 0.717) is 66.2 Å². The van der Waals surface area contributed by atoms with Crippen LogP contribution in [0.4, 0.5) is 10.1 Å². The number of benzene rings is 3. The first-order valence-electron chi connectivity index (χ1n) is 16.1. The van der Waals surface area contributed by atoms with Gasteiger partial charge in [-0.2, -0.15) is 0 Å². The number of anilines is 1. The number of imidazole rings is 1. The zero-order chi connectivity index (χ0) is 33.2. The lowest BCUT2D eigenvalue weighted by atomic mass is 10.0. The Bertz CT molecular complexity index is 1900. The number of esters is 1. The number of ether oxygens (including phenoxy) is 6. The highest BCUT2D eigenvalue weighted by Gasteiger charge is 2.46. The quantitative estimate of drug-likeness (QED) is 0.233. The van der Waals surface area contributed by atoms with Crippen LogP contribution in [0.15, 0.2) is 48.5 Å². The Balaban J connectivity index is 1.09. The maximum Gasteiger partial charge on any atom is 0.338 e. The predicted molar refractivity (Wildman–Crippen MR) is 175 cm³/mol. The zero-order valence-electron chi connectivity index (χ0n) is 26.9. The van der Waals surface area contributed by atoms with Crippen molar-refractivity contribution in [1.82, 2.24) is 14.5 Å². The summed E-state index contributed by atoms with van der Waals surface area (Å²) in [5, 5.41) is 0.304.